The lowest BCUT2D eigenvalue weighted by atomic mass is 10.2. The van der Waals surface area contributed by atoms with Crippen molar-refractivity contribution in [2.75, 3.05) is 21.3 Å². The van der Waals surface area contributed by atoms with Gasteiger partial charge in [-0.1, -0.05) is 15.9 Å². The SMILES string of the molecule is COc1cc(/C=C\Br)cc(OC)c1OC. The first-order chi connectivity index (χ1) is 7.26. The molecule has 0 N–H and O–H groups in total. The van der Waals surface area contributed by atoms with E-state index in [1.807, 2.05) is 18.2 Å². The molecule has 0 fully saturated rings. The Morgan fingerprint density at radius 1 is 1.00 bits per heavy atom. The summed E-state index contributed by atoms with van der Waals surface area (Å²) in [5.41, 5.74) is 0.973. The van der Waals surface area contributed by atoms with Crippen LogP contribution in [0.3, 0.4) is 0 Å². The molecule has 1 rings (SSSR count). The normalized spacial score (nSPS) is 10.4. The van der Waals surface area contributed by atoms with E-state index in [-0.39, 0.29) is 0 Å². The first kappa shape index (κ1) is 11.9. The van der Waals surface area contributed by atoms with E-state index in [1.54, 1.807) is 26.3 Å². The Morgan fingerprint density at radius 3 is 1.87 bits per heavy atom. The summed E-state index contributed by atoms with van der Waals surface area (Å²) in [6, 6.07) is 3.75. The average molecular weight is 273 g/mol. The van der Waals surface area contributed by atoms with E-state index in [4.69, 9.17) is 14.2 Å². The molecule has 1 aromatic rings. The molecule has 0 aliphatic rings. The molecule has 0 radical (unpaired) electrons. The van der Waals surface area contributed by atoms with Gasteiger partial charge in [-0.25, -0.2) is 0 Å². The zero-order valence-corrected chi connectivity index (χ0v) is 10.5. The van der Waals surface area contributed by atoms with Crippen molar-refractivity contribution in [3.63, 3.8) is 0 Å². The van der Waals surface area contributed by atoms with Crippen molar-refractivity contribution < 1.29 is 14.2 Å². The number of rotatable bonds is 4. The zero-order valence-electron chi connectivity index (χ0n) is 8.91. The lowest BCUT2D eigenvalue weighted by Gasteiger charge is -2.12. The quantitative estimate of drug-likeness (QED) is 0.843. The highest BCUT2D eigenvalue weighted by Gasteiger charge is 2.11. The molecular weight excluding hydrogens is 260 g/mol. The van der Waals surface area contributed by atoms with E-state index in [2.05, 4.69) is 15.9 Å². The van der Waals surface area contributed by atoms with Gasteiger partial charge in [-0.2, -0.15) is 0 Å². The molecule has 0 aliphatic carbocycles. The minimum Gasteiger partial charge on any atom is -0.493 e. The second-order valence-electron chi connectivity index (χ2n) is 2.75. The molecule has 0 amide bonds. The highest BCUT2D eigenvalue weighted by atomic mass is 79.9. The first-order valence-electron chi connectivity index (χ1n) is 4.33. The van der Waals surface area contributed by atoms with Crippen molar-refractivity contribution in [3.8, 4) is 17.2 Å². The van der Waals surface area contributed by atoms with Gasteiger partial charge in [0, 0.05) is 0 Å². The Morgan fingerprint density at radius 2 is 1.53 bits per heavy atom. The van der Waals surface area contributed by atoms with E-state index in [1.165, 1.54) is 0 Å². The van der Waals surface area contributed by atoms with E-state index < -0.39 is 0 Å². The summed E-state index contributed by atoms with van der Waals surface area (Å²) in [6.45, 7) is 0. The topological polar surface area (TPSA) is 27.7 Å². The van der Waals surface area contributed by atoms with Crippen LogP contribution in [0.15, 0.2) is 17.1 Å². The number of halogens is 1. The molecule has 3 nitrogen and oxygen atoms in total. The van der Waals surface area contributed by atoms with Gasteiger partial charge in [0.05, 0.1) is 21.3 Å². The molecular formula is C11H13BrO3. The van der Waals surface area contributed by atoms with Crippen LogP contribution in [0.25, 0.3) is 6.08 Å². The molecule has 4 heteroatoms. The molecule has 0 aliphatic heterocycles. The fraction of sp³-hybridized carbons (Fsp3) is 0.273. The second-order valence-corrected chi connectivity index (χ2v) is 3.28. The molecule has 0 saturated heterocycles. The standard InChI is InChI=1S/C11H13BrO3/c1-13-9-6-8(4-5-12)7-10(14-2)11(9)15-3/h4-7H,1-3H3/b5-4-. The Hall–Kier alpha value is -1.16. The molecule has 0 saturated carbocycles. The van der Waals surface area contributed by atoms with Gasteiger partial charge in [0.1, 0.15) is 0 Å². The Labute approximate surface area is 97.8 Å². The van der Waals surface area contributed by atoms with Gasteiger partial charge in [-0.15, -0.1) is 0 Å². The number of methoxy groups -OCH3 is 3. The van der Waals surface area contributed by atoms with Crippen molar-refractivity contribution in [1.29, 1.82) is 0 Å². The molecule has 0 unspecified atom stereocenters. The molecule has 0 spiro atoms. The summed E-state index contributed by atoms with van der Waals surface area (Å²) < 4.78 is 15.6. The molecule has 1 aromatic carbocycles. The average Bonchev–Trinajstić information content (AvgIpc) is 2.28. The molecule has 0 heterocycles. The minimum atomic E-state index is 0.603. The van der Waals surface area contributed by atoms with E-state index in [9.17, 15) is 0 Å². The van der Waals surface area contributed by atoms with Crippen molar-refractivity contribution in [3.05, 3.63) is 22.7 Å². The van der Waals surface area contributed by atoms with Gasteiger partial charge in [0.2, 0.25) is 5.75 Å². The summed E-state index contributed by atoms with van der Waals surface area (Å²) in [5, 5.41) is 0. The predicted molar refractivity (Wildman–Crippen MR) is 64.1 cm³/mol. The first-order valence-corrected chi connectivity index (χ1v) is 5.25. The number of ether oxygens (including phenoxy) is 3. The third-order valence-electron chi connectivity index (χ3n) is 1.94. The fourth-order valence-corrected chi connectivity index (χ4v) is 1.58. The third-order valence-corrected chi connectivity index (χ3v) is 2.21. The third kappa shape index (κ3) is 2.65. The van der Waals surface area contributed by atoms with Crippen molar-refractivity contribution in [1.82, 2.24) is 0 Å². The van der Waals surface area contributed by atoms with Crippen molar-refractivity contribution in [2.45, 2.75) is 0 Å². The van der Waals surface area contributed by atoms with E-state index in [0.717, 1.165) is 5.56 Å². The summed E-state index contributed by atoms with van der Waals surface area (Å²) in [4.78, 5) is 1.77. The van der Waals surface area contributed by atoms with Crippen LogP contribution >= 0.6 is 15.9 Å². The van der Waals surface area contributed by atoms with Crippen LogP contribution in [-0.2, 0) is 0 Å². The van der Waals surface area contributed by atoms with Gasteiger partial charge in [0.25, 0.3) is 0 Å². The molecule has 15 heavy (non-hydrogen) atoms. The maximum atomic E-state index is 5.21. The Kier molecular flexibility index (Phi) is 4.49. The Balaban J connectivity index is 3.28. The monoisotopic (exact) mass is 272 g/mol. The number of hydrogen-bond donors (Lipinski definition) is 0. The molecule has 0 bridgehead atoms. The van der Waals surface area contributed by atoms with Gasteiger partial charge in [-0.3, -0.25) is 0 Å². The largest absolute Gasteiger partial charge is 0.493 e. The highest BCUT2D eigenvalue weighted by Crippen LogP contribution is 2.38. The van der Waals surface area contributed by atoms with Gasteiger partial charge in [0.15, 0.2) is 11.5 Å². The minimum absolute atomic E-state index is 0.603. The van der Waals surface area contributed by atoms with Crippen LogP contribution in [0.5, 0.6) is 17.2 Å². The molecule has 0 aromatic heterocycles. The lowest BCUT2D eigenvalue weighted by molar-refractivity contribution is 0.324. The maximum Gasteiger partial charge on any atom is 0.203 e. The van der Waals surface area contributed by atoms with Crippen LogP contribution in [-0.4, -0.2) is 21.3 Å². The van der Waals surface area contributed by atoms with E-state index in [0.29, 0.717) is 17.2 Å². The lowest BCUT2D eigenvalue weighted by Crippen LogP contribution is -1.95. The Bertz CT molecular complexity index is 336. The summed E-state index contributed by atoms with van der Waals surface area (Å²) >= 11 is 3.22. The summed E-state index contributed by atoms with van der Waals surface area (Å²) in [7, 11) is 4.78. The van der Waals surface area contributed by atoms with Crippen LogP contribution in [0.2, 0.25) is 0 Å². The van der Waals surface area contributed by atoms with Crippen LogP contribution in [0, 0.1) is 0 Å². The number of benzene rings is 1. The summed E-state index contributed by atoms with van der Waals surface area (Å²) in [6.07, 6.45) is 1.89. The van der Waals surface area contributed by atoms with Crippen molar-refractivity contribution in [2.24, 2.45) is 0 Å². The maximum absolute atomic E-state index is 5.21. The fourth-order valence-electron chi connectivity index (χ4n) is 1.27. The molecule has 0 atom stereocenters. The highest BCUT2D eigenvalue weighted by molar-refractivity contribution is 9.11. The van der Waals surface area contributed by atoms with Crippen LogP contribution < -0.4 is 14.2 Å². The molecule has 82 valence electrons. The van der Waals surface area contributed by atoms with Crippen LogP contribution in [0.1, 0.15) is 5.56 Å². The van der Waals surface area contributed by atoms with Gasteiger partial charge < -0.3 is 14.2 Å². The van der Waals surface area contributed by atoms with Gasteiger partial charge >= 0.3 is 0 Å². The zero-order chi connectivity index (χ0) is 11.3. The van der Waals surface area contributed by atoms with Gasteiger partial charge in [-0.05, 0) is 28.8 Å². The predicted octanol–water partition coefficient (Wildman–Crippen LogP) is 3.08. The number of hydrogen-bond acceptors (Lipinski definition) is 3. The smallest absolute Gasteiger partial charge is 0.203 e. The second kappa shape index (κ2) is 5.66. The van der Waals surface area contributed by atoms with E-state index >= 15 is 0 Å². The van der Waals surface area contributed by atoms with Crippen molar-refractivity contribution >= 4 is 22.0 Å². The van der Waals surface area contributed by atoms with Crippen LogP contribution in [0.4, 0.5) is 0 Å². The summed E-state index contributed by atoms with van der Waals surface area (Å²) in [5.74, 6) is 1.90.